The highest BCUT2D eigenvalue weighted by atomic mass is 16.3. The molecule has 3 rings (SSSR count). The summed E-state index contributed by atoms with van der Waals surface area (Å²) >= 11 is 0. The van der Waals surface area contributed by atoms with Gasteiger partial charge in [-0.1, -0.05) is 30.3 Å². The Morgan fingerprint density at radius 2 is 1.86 bits per heavy atom. The summed E-state index contributed by atoms with van der Waals surface area (Å²) < 4.78 is 0. The standard InChI is InChI=1S/C17H22N2O2/c20-12-7-15(19-10-8-18-9-11-19)17-14-4-2-1-3-13(14)5-6-16(17)21/h1-6,15,18,20-21H,7-12H2/t15-/m0/s1. The third-order valence-electron chi connectivity index (χ3n) is 4.28. The maximum Gasteiger partial charge on any atom is 0.121 e. The molecule has 112 valence electrons. The number of aromatic hydroxyl groups is 1. The van der Waals surface area contributed by atoms with Gasteiger partial charge in [-0.05, 0) is 23.3 Å². The molecule has 4 heteroatoms. The SMILES string of the molecule is OCC[C@@H](c1c(O)ccc2ccccc12)N1CCNCC1. The van der Waals surface area contributed by atoms with Crippen LogP contribution < -0.4 is 5.32 Å². The molecule has 0 bridgehead atoms. The minimum absolute atomic E-state index is 0.0585. The molecule has 4 nitrogen and oxygen atoms in total. The van der Waals surface area contributed by atoms with Crippen LogP contribution in [0, 0.1) is 0 Å². The summed E-state index contributed by atoms with van der Waals surface area (Å²) in [5, 5.41) is 25.4. The molecule has 1 aliphatic heterocycles. The maximum absolute atomic E-state index is 10.4. The van der Waals surface area contributed by atoms with E-state index in [2.05, 4.69) is 22.3 Å². The predicted octanol–water partition coefficient (Wildman–Crippen LogP) is 1.87. The number of fused-ring (bicyclic) bond motifs is 1. The smallest absolute Gasteiger partial charge is 0.121 e. The molecule has 0 aromatic heterocycles. The summed E-state index contributed by atoms with van der Waals surface area (Å²) in [6.07, 6.45) is 0.640. The van der Waals surface area contributed by atoms with E-state index in [-0.39, 0.29) is 12.6 Å². The molecule has 0 saturated carbocycles. The van der Waals surface area contributed by atoms with Gasteiger partial charge in [-0.25, -0.2) is 0 Å². The average Bonchev–Trinajstić information content (AvgIpc) is 2.54. The monoisotopic (exact) mass is 286 g/mol. The van der Waals surface area contributed by atoms with Crippen molar-refractivity contribution in [3.05, 3.63) is 42.0 Å². The number of hydrogen-bond acceptors (Lipinski definition) is 4. The molecule has 1 saturated heterocycles. The number of rotatable bonds is 4. The van der Waals surface area contributed by atoms with Crippen LogP contribution in [-0.2, 0) is 0 Å². The first-order valence-corrected chi connectivity index (χ1v) is 7.57. The molecule has 0 radical (unpaired) electrons. The Kier molecular flexibility index (Phi) is 4.39. The van der Waals surface area contributed by atoms with E-state index >= 15 is 0 Å². The first-order chi connectivity index (χ1) is 10.3. The van der Waals surface area contributed by atoms with E-state index < -0.39 is 0 Å². The lowest BCUT2D eigenvalue weighted by Crippen LogP contribution is -2.45. The molecule has 1 atom stereocenters. The summed E-state index contributed by atoms with van der Waals surface area (Å²) in [5.74, 6) is 0.325. The quantitative estimate of drug-likeness (QED) is 0.803. The lowest BCUT2D eigenvalue weighted by Gasteiger charge is -2.35. The van der Waals surface area contributed by atoms with Crippen LogP contribution in [0.2, 0.25) is 0 Å². The summed E-state index contributed by atoms with van der Waals surface area (Å²) in [7, 11) is 0. The number of piperazine rings is 1. The van der Waals surface area contributed by atoms with Crippen molar-refractivity contribution in [2.75, 3.05) is 32.8 Å². The van der Waals surface area contributed by atoms with E-state index in [1.165, 1.54) is 0 Å². The molecule has 0 unspecified atom stereocenters. The molecular weight excluding hydrogens is 264 g/mol. The van der Waals surface area contributed by atoms with Gasteiger partial charge in [0.15, 0.2) is 0 Å². The van der Waals surface area contributed by atoms with Gasteiger partial charge >= 0.3 is 0 Å². The van der Waals surface area contributed by atoms with Crippen LogP contribution in [0.3, 0.4) is 0 Å². The van der Waals surface area contributed by atoms with Gasteiger partial charge in [0.2, 0.25) is 0 Å². The molecule has 0 amide bonds. The largest absolute Gasteiger partial charge is 0.508 e. The van der Waals surface area contributed by atoms with Gasteiger partial charge < -0.3 is 15.5 Å². The highest BCUT2D eigenvalue weighted by Gasteiger charge is 2.25. The highest BCUT2D eigenvalue weighted by Crippen LogP contribution is 2.37. The minimum Gasteiger partial charge on any atom is -0.508 e. The molecular formula is C17H22N2O2. The molecule has 0 aliphatic carbocycles. The number of phenols is 1. The number of hydrogen-bond donors (Lipinski definition) is 3. The van der Waals surface area contributed by atoms with Gasteiger partial charge in [0.05, 0.1) is 0 Å². The lowest BCUT2D eigenvalue weighted by atomic mass is 9.94. The van der Waals surface area contributed by atoms with Crippen molar-refractivity contribution in [3.63, 3.8) is 0 Å². The fraction of sp³-hybridized carbons (Fsp3) is 0.412. The van der Waals surface area contributed by atoms with Gasteiger partial charge in [-0.3, -0.25) is 4.90 Å². The van der Waals surface area contributed by atoms with E-state index in [0.717, 1.165) is 42.5 Å². The topological polar surface area (TPSA) is 55.7 Å². The van der Waals surface area contributed by atoms with Crippen molar-refractivity contribution in [2.45, 2.75) is 12.5 Å². The van der Waals surface area contributed by atoms with E-state index in [1.54, 1.807) is 6.07 Å². The van der Waals surface area contributed by atoms with E-state index in [1.807, 2.05) is 18.2 Å². The van der Waals surface area contributed by atoms with Gasteiger partial charge in [0, 0.05) is 44.4 Å². The fourth-order valence-corrected chi connectivity index (χ4v) is 3.26. The third-order valence-corrected chi connectivity index (χ3v) is 4.28. The van der Waals surface area contributed by atoms with Crippen LogP contribution in [0.1, 0.15) is 18.0 Å². The van der Waals surface area contributed by atoms with Crippen LogP contribution in [-0.4, -0.2) is 47.9 Å². The molecule has 1 heterocycles. The fourth-order valence-electron chi connectivity index (χ4n) is 3.26. The summed E-state index contributed by atoms with van der Waals surface area (Å²) in [5.41, 5.74) is 0.948. The van der Waals surface area contributed by atoms with Gasteiger partial charge in [-0.15, -0.1) is 0 Å². The van der Waals surface area contributed by atoms with Crippen molar-refractivity contribution in [2.24, 2.45) is 0 Å². The van der Waals surface area contributed by atoms with Crippen LogP contribution in [0.25, 0.3) is 10.8 Å². The van der Waals surface area contributed by atoms with Gasteiger partial charge in [0.25, 0.3) is 0 Å². The molecule has 0 spiro atoms. The van der Waals surface area contributed by atoms with Crippen molar-refractivity contribution in [1.29, 1.82) is 0 Å². The Hall–Kier alpha value is -1.62. The van der Waals surface area contributed by atoms with E-state index in [4.69, 9.17) is 0 Å². The second-order valence-corrected chi connectivity index (χ2v) is 5.53. The zero-order chi connectivity index (χ0) is 14.7. The van der Waals surface area contributed by atoms with Crippen LogP contribution in [0.4, 0.5) is 0 Å². The normalized spacial score (nSPS) is 18.0. The summed E-state index contributed by atoms with van der Waals surface area (Å²) in [6.45, 7) is 3.90. The number of aliphatic hydroxyl groups is 1. The van der Waals surface area contributed by atoms with Crippen molar-refractivity contribution < 1.29 is 10.2 Å². The summed E-state index contributed by atoms with van der Waals surface area (Å²) in [6, 6.07) is 11.9. The van der Waals surface area contributed by atoms with Crippen molar-refractivity contribution >= 4 is 10.8 Å². The number of phenolic OH excluding ortho intramolecular Hbond substituents is 1. The Morgan fingerprint density at radius 1 is 1.10 bits per heavy atom. The Bertz CT molecular complexity index is 609. The number of benzene rings is 2. The lowest BCUT2D eigenvalue weighted by molar-refractivity contribution is 0.140. The molecule has 1 aliphatic rings. The third kappa shape index (κ3) is 2.88. The number of nitrogens with zero attached hydrogens (tertiary/aromatic N) is 1. The second kappa shape index (κ2) is 6.43. The highest BCUT2D eigenvalue weighted by molar-refractivity contribution is 5.88. The minimum atomic E-state index is 0.0585. The molecule has 2 aromatic carbocycles. The Balaban J connectivity index is 2.07. The van der Waals surface area contributed by atoms with Crippen LogP contribution in [0.15, 0.2) is 36.4 Å². The van der Waals surface area contributed by atoms with Crippen LogP contribution in [0.5, 0.6) is 5.75 Å². The molecule has 2 aromatic rings. The molecule has 1 fully saturated rings. The molecule has 3 N–H and O–H groups in total. The zero-order valence-corrected chi connectivity index (χ0v) is 12.1. The van der Waals surface area contributed by atoms with E-state index in [0.29, 0.717) is 12.2 Å². The Labute approximate surface area is 125 Å². The first-order valence-electron chi connectivity index (χ1n) is 7.57. The average molecular weight is 286 g/mol. The van der Waals surface area contributed by atoms with Crippen molar-refractivity contribution in [1.82, 2.24) is 10.2 Å². The zero-order valence-electron chi connectivity index (χ0n) is 12.1. The first kappa shape index (κ1) is 14.3. The molecule has 21 heavy (non-hydrogen) atoms. The Morgan fingerprint density at radius 3 is 2.62 bits per heavy atom. The van der Waals surface area contributed by atoms with Gasteiger partial charge in [0.1, 0.15) is 5.75 Å². The number of aliphatic hydroxyl groups excluding tert-OH is 1. The van der Waals surface area contributed by atoms with E-state index in [9.17, 15) is 10.2 Å². The summed E-state index contributed by atoms with van der Waals surface area (Å²) in [4.78, 5) is 2.36. The number of nitrogens with one attached hydrogen (secondary N) is 1. The van der Waals surface area contributed by atoms with Crippen LogP contribution >= 0.6 is 0 Å². The predicted molar refractivity (Wildman–Crippen MR) is 84.5 cm³/mol. The second-order valence-electron chi connectivity index (χ2n) is 5.53. The van der Waals surface area contributed by atoms with Crippen molar-refractivity contribution in [3.8, 4) is 5.75 Å². The maximum atomic E-state index is 10.4. The van der Waals surface area contributed by atoms with Gasteiger partial charge in [-0.2, -0.15) is 0 Å².